The number of nitrogens with one attached hydrogen (secondary N) is 1. The number of hydrogen-bond acceptors (Lipinski definition) is 4. The van der Waals surface area contributed by atoms with Gasteiger partial charge in [0.05, 0.1) is 4.88 Å². The Morgan fingerprint density at radius 1 is 1.38 bits per heavy atom. The first-order chi connectivity index (χ1) is 11.6. The Hall–Kier alpha value is -1.24. The van der Waals surface area contributed by atoms with E-state index in [-0.39, 0.29) is 11.9 Å². The first kappa shape index (κ1) is 16.2. The van der Waals surface area contributed by atoms with E-state index in [1.807, 2.05) is 24.3 Å². The fourth-order valence-electron chi connectivity index (χ4n) is 3.91. The molecule has 3 fully saturated rings. The molecule has 4 nitrogen and oxygen atoms in total. The number of nitrogens with zero attached hydrogens (tertiary/aromatic N) is 2. The predicted molar refractivity (Wildman–Crippen MR) is 100 cm³/mol. The van der Waals surface area contributed by atoms with Gasteiger partial charge in [-0.1, -0.05) is 28.1 Å². The number of rotatable bonds is 3. The number of thiazole rings is 1. The lowest BCUT2D eigenvalue weighted by molar-refractivity contribution is 0.0217. The Morgan fingerprint density at radius 2 is 2.17 bits per heavy atom. The van der Waals surface area contributed by atoms with Crippen LogP contribution in [0.2, 0.25) is 0 Å². The minimum atomic E-state index is -0.0353. The maximum Gasteiger partial charge on any atom is 0.280 e. The molecule has 0 saturated carbocycles. The van der Waals surface area contributed by atoms with Crippen LogP contribution in [0, 0.1) is 5.92 Å². The topological polar surface area (TPSA) is 45.2 Å². The monoisotopic (exact) mass is 405 g/mol. The van der Waals surface area contributed by atoms with Gasteiger partial charge in [-0.3, -0.25) is 9.69 Å². The quantitative estimate of drug-likeness (QED) is 0.844. The van der Waals surface area contributed by atoms with Crippen LogP contribution in [0.3, 0.4) is 0 Å². The summed E-state index contributed by atoms with van der Waals surface area (Å²) < 4.78 is 1.03. The number of carbonyl (C=O) groups is 1. The zero-order valence-electron chi connectivity index (χ0n) is 13.5. The Kier molecular flexibility index (Phi) is 4.45. The molecule has 2 atom stereocenters. The van der Waals surface area contributed by atoms with Gasteiger partial charge in [0.2, 0.25) is 0 Å². The number of benzene rings is 1. The standard InChI is InChI=1S/C18H20BrN3OS/c1-11-16(12-5-7-22(11)8-6-12)21-17(23)18-20-10-15(24-18)13-3-2-4-14(19)9-13/h2-4,9-12,16H,5-8H2,1H3,(H,21,23). The number of hydrogen-bond donors (Lipinski definition) is 1. The highest BCUT2D eigenvalue weighted by atomic mass is 79.9. The second-order valence-electron chi connectivity index (χ2n) is 6.65. The molecule has 6 heteroatoms. The molecule has 3 saturated heterocycles. The lowest BCUT2D eigenvalue weighted by Gasteiger charge is -2.49. The number of carbonyl (C=O) groups excluding carboxylic acids is 1. The molecule has 2 aromatic rings. The van der Waals surface area contributed by atoms with Gasteiger partial charge in [-0.05, 0) is 56.5 Å². The smallest absolute Gasteiger partial charge is 0.280 e. The average Bonchev–Trinajstić information content (AvgIpc) is 3.09. The van der Waals surface area contributed by atoms with Crippen molar-refractivity contribution >= 4 is 33.2 Å². The van der Waals surface area contributed by atoms with E-state index in [1.54, 1.807) is 6.20 Å². The van der Waals surface area contributed by atoms with Crippen molar-refractivity contribution in [2.24, 2.45) is 5.92 Å². The summed E-state index contributed by atoms with van der Waals surface area (Å²) >= 11 is 4.94. The lowest BCUT2D eigenvalue weighted by Crippen LogP contribution is -2.62. The van der Waals surface area contributed by atoms with E-state index in [4.69, 9.17) is 0 Å². The largest absolute Gasteiger partial charge is 0.345 e. The molecule has 0 radical (unpaired) electrons. The third-order valence-corrected chi connectivity index (χ3v) is 6.82. The van der Waals surface area contributed by atoms with Gasteiger partial charge in [-0.2, -0.15) is 0 Å². The van der Waals surface area contributed by atoms with Gasteiger partial charge in [0, 0.05) is 22.8 Å². The minimum absolute atomic E-state index is 0.0353. The molecule has 24 heavy (non-hydrogen) atoms. The third kappa shape index (κ3) is 3.03. The van der Waals surface area contributed by atoms with Crippen molar-refractivity contribution in [2.75, 3.05) is 13.1 Å². The van der Waals surface area contributed by atoms with Crippen LogP contribution in [0.1, 0.15) is 29.6 Å². The average molecular weight is 406 g/mol. The third-order valence-electron chi connectivity index (χ3n) is 5.28. The number of halogens is 1. The van der Waals surface area contributed by atoms with E-state index in [0.717, 1.165) is 14.9 Å². The highest BCUT2D eigenvalue weighted by Gasteiger charge is 2.40. The molecule has 2 unspecified atom stereocenters. The van der Waals surface area contributed by atoms with Crippen molar-refractivity contribution in [1.29, 1.82) is 0 Å². The molecule has 2 bridgehead atoms. The first-order valence-electron chi connectivity index (χ1n) is 8.38. The lowest BCUT2D eigenvalue weighted by atomic mass is 9.79. The molecule has 4 heterocycles. The van der Waals surface area contributed by atoms with Crippen molar-refractivity contribution in [2.45, 2.75) is 31.8 Å². The van der Waals surface area contributed by atoms with Gasteiger partial charge in [-0.15, -0.1) is 11.3 Å². The molecular weight excluding hydrogens is 386 g/mol. The summed E-state index contributed by atoms with van der Waals surface area (Å²) in [7, 11) is 0. The van der Waals surface area contributed by atoms with E-state index in [2.05, 4.69) is 38.1 Å². The highest BCUT2D eigenvalue weighted by molar-refractivity contribution is 9.10. The molecule has 5 rings (SSSR count). The summed E-state index contributed by atoms with van der Waals surface area (Å²) in [6, 6.07) is 8.74. The molecular formula is C18H20BrN3OS. The van der Waals surface area contributed by atoms with Crippen LogP contribution in [0.5, 0.6) is 0 Å². The van der Waals surface area contributed by atoms with Crippen LogP contribution in [0.15, 0.2) is 34.9 Å². The second-order valence-corrected chi connectivity index (χ2v) is 8.60. The Balaban J connectivity index is 1.49. The molecule has 1 aromatic carbocycles. The highest BCUT2D eigenvalue weighted by Crippen LogP contribution is 2.33. The molecule has 0 aliphatic carbocycles. The predicted octanol–water partition coefficient (Wildman–Crippen LogP) is 3.79. The molecule has 3 aliphatic heterocycles. The summed E-state index contributed by atoms with van der Waals surface area (Å²) in [6.45, 7) is 4.57. The normalized spacial score (nSPS) is 28.8. The van der Waals surface area contributed by atoms with Gasteiger partial charge < -0.3 is 5.32 Å². The molecule has 1 aromatic heterocycles. The van der Waals surface area contributed by atoms with Crippen LogP contribution in [-0.2, 0) is 0 Å². The molecule has 0 spiro atoms. The van der Waals surface area contributed by atoms with Gasteiger partial charge in [0.25, 0.3) is 5.91 Å². The summed E-state index contributed by atoms with van der Waals surface area (Å²) in [5.41, 5.74) is 1.08. The number of aromatic nitrogens is 1. The molecule has 1 N–H and O–H groups in total. The Morgan fingerprint density at radius 3 is 2.88 bits per heavy atom. The van der Waals surface area contributed by atoms with Crippen LogP contribution < -0.4 is 5.32 Å². The number of piperidine rings is 3. The Bertz CT molecular complexity index is 752. The van der Waals surface area contributed by atoms with E-state index >= 15 is 0 Å². The fourth-order valence-corrected chi connectivity index (χ4v) is 5.13. The van der Waals surface area contributed by atoms with Crippen molar-refractivity contribution in [3.63, 3.8) is 0 Å². The van der Waals surface area contributed by atoms with Crippen LogP contribution >= 0.6 is 27.3 Å². The van der Waals surface area contributed by atoms with Gasteiger partial charge >= 0.3 is 0 Å². The van der Waals surface area contributed by atoms with Crippen LogP contribution in [-0.4, -0.2) is 41.0 Å². The number of amides is 1. The van der Waals surface area contributed by atoms with Gasteiger partial charge in [0.1, 0.15) is 0 Å². The summed E-state index contributed by atoms with van der Waals surface area (Å²) in [4.78, 5) is 20.5. The fraction of sp³-hybridized carbons (Fsp3) is 0.444. The maximum atomic E-state index is 12.7. The summed E-state index contributed by atoms with van der Waals surface area (Å²) in [5, 5.41) is 3.80. The minimum Gasteiger partial charge on any atom is -0.345 e. The van der Waals surface area contributed by atoms with Crippen molar-refractivity contribution in [3.05, 3.63) is 39.9 Å². The van der Waals surface area contributed by atoms with Crippen LogP contribution in [0.4, 0.5) is 0 Å². The SMILES string of the molecule is CC1C(NC(=O)c2ncc(-c3cccc(Br)c3)s2)C2CCN1CC2. The summed E-state index contributed by atoms with van der Waals surface area (Å²) in [5.74, 6) is 0.574. The summed E-state index contributed by atoms with van der Waals surface area (Å²) in [6.07, 6.45) is 4.17. The molecule has 1 amide bonds. The molecule has 126 valence electrons. The Labute approximate surface area is 154 Å². The maximum absolute atomic E-state index is 12.7. The van der Waals surface area contributed by atoms with Crippen molar-refractivity contribution < 1.29 is 4.79 Å². The molecule has 3 aliphatic rings. The van der Waals surface area contributed by atoms with Crippen molar-refractivity contribution in [3.8, 4) is 10.4 Å². The van der Waals surface area contributed by atoms with E-state index < -0.39 is 0 Å². The van der Waals surface area contributed by atoms with E-state index in [0.29, 0.717) is 17.0 Å². The zero-order chi connectivity index (χ0) is 16.7. The second kappa shape index (κ2) is 6.58. The zero-order valence-corrected chi connectivity index (χ0v) is 15.9. The van der Waals surface area contributed by atoms with Gasteiger partial charge in [0.15, 0.2) is 5.01 Å². The van der Waals surface area contributed by atoms with E-state index in [1.165, 1.54) is 37.3 Å². The van der Waals surface area contributed by atoms with E-state index in [9.17, 15) is 4.79 Å². The van der Waals surface area contributed by atoms with Crippen molar-refractivity contribution in [1.82, 2.24) is 15.2 Å². The first-order valence-corrected chi connectivity index (χ1v) is 9.99. The number of fused-ring (bicyclic) bond motifs is 3. The van der Waals surface area contributed by atoms with Gasteiger partial charge in [-0.25, -0.2) is 4.98 Å². The van der Waals surface area contributed by atoms with Crippen LogP contribution in [0.25, 0.3) is 10.4 Å².